The summed E-state index contributed by atoms with van der Waals surface area (Å²) in [7, 11) is 0. The van der Waals surface area contributed by atoms with Gasteiger partial charge in [-0.1, -0.05) is 30.3 Å². The molecule has 5 nitrogen and oxygen atoms in total. The first-order valence-corrected chi connectivity index (χ1v) is 10.3. The summed E-state index contributed by atoms with van der Waals surface area (Å²) in [5, 5.41) is 5.19. The van der Waals surface area contributed by atoms with Crippen LogP contribution >= 0.6 is 23.1 Å². The second kappa shape index (κ2) is 8.02. The zero-order chi connectivity index (χ0) is 18.6. The molecule has 1 amide bonds. The first-order chi connectivity index (χ1) is 13.2. The second-order valence-corrected chi connectivity index (χ2v) is 8.23. The average molecular weight is 399 g/mol. The van der Waals surface area contributed by atoms with Crippen LogP contribution in [0.4, 0.5) is 5.13 Å². The lowest BCUT2D eigenvalue weighted by Gasteiger charge is -2.19. The van der Waals surface area contributed by atoms with Gasteiger partial charge in [0.15, 0.2) is 16.6 Å². The first-order valence-electron chi connectivity index (χ1n) is 8.57. The molecule has 138 valence electrons. The molecule has 0 aliphatic carbocycles. The Hall–Kier alpha value is -2.51. The normalized spacial score (nSPS) is 13.8. The third-order valence-corrected chi connectivity index (χ3v) is 5.85. The number of ether oxygens (including phenoxy) is 2. The maximum Gasteiger partial charge on any atom is 0.239 e. The minimum absolute atomic E-state index is 0.0798. The lowest BCUT2D eigenvalue weighted by molar-refractivity contribution is -0.115. The van der Waals surface area contributed by atoms with Gasteiger partial charge in [-0.15, -0.1) is 23.1 Å². The van der Waals surface area contributed by atoms with E-state index in [1.165, 1.54) is 23.1 Å². The third-order valence-electron chi connectivity index (χ3n) is 4.00. The minimum Gasteiger partial charge on any atom is -0.486 e. The van der Waals surface area contributed by atoms with E-state index in [4.69, 9.17) is 9.47 Å². The van der Waals surface area contributed by atoms with Gasteiger partial charge in [0.2, 0.25) is 5.91 Å². The van der Waals surface area contributed by atoms with Gasteiger partial charge in [-0.2, -0.15) is 0 Å². The van der Waals surface area contributed by atoms with E-state index in [1.54, 1.807) is 0 Å². The molecule has 3 aromatic rings. The molecule has 2 aromatic carbocycles. The molecule has 1 atom stereocenters. The van der Waals surface area contributed by atoms with Crippen molar-refractivity contribution in [3.63, 3.8) is 0 Å². The SMILES string of the molecule is CC(Sc1ccc2c(c1)OCCO2)C(=O)Nc1nc(-c2ccccc2)cs1. The van der Waals surface area contributed by atoms with E-state index >= 15 is 0 Å². The van der Waals surface area contributed by atoms with Crippen LogP contribution in [-0.4, -0.2) is 29.4 Å². The Labute approximate surface area is 165 Å². The lowest BCUT2D eigenvalue weighted by atomic mass is 10.2. The monoisotopic (exact) mass is 398 g/mol. The van der Waals surface area contributed by atoms with E-state index in [-0.39, 0.29) is 11.2 Å². The number of nitrogens with one attached hydrogen (secondary N) is 1. The van der Waals surface area contributed by atoms with Gasteiger partial charge in [0.25, 0.3) is 0 Å². The first kappa shape index (κ1) is 17.9. The van der Waals surface area contributed by atoms with Crippen LogP contribution in [0.2, 0.25) is 0 Å². The molecule has 0 bridgehead atoms. The van der Waals surface area contributed by atoms with E-state index < -0.39 is 0 Å². The Balaban J connectivity index is 1.39. The average Bonchev–Trinajstić information content (AvgIpc) is 3.17. The summed E-state index contributed by atoms with van der Waals surface area (Å²) < 4.78 is 11.1. The molecule has 0 spiro atoms. The quantitative estimate of drug-likeness (QED) is 0.631. The number of carbonyl (C=O) groups excluding carboxylic acids is 1. The number of hydrogen-bond acceptors (Lipinski definition) is 6. The van der Waals surface area contributed by atoms with Crippen molar-refractivity contribution in [2.24, 2.45) is 0 Å². The molecule has 27 heavy (non-hydrogen) atoms. The Morgan fingerprint density at radius 3 is 2.74 bits per heavy atom. The molecular formula is C20H18N2O3S2. The third kappa shape index (κ3) is 4.26. The van der Waals surface area contributed by atoms with E-state index in [0.29, 0.717) is 18.3 Å². The molecule has 0 fully saturated rings. The lowest BCUT2D eigenvalue weighted by Crippen LogP contribution is -2.22. The van der Waals surface area contributed by atoms with Crippen molar-refractivity contribution in [3.8, 4) is 22.8 Å². The maximum atomic E-state index is 12.5. The van der Waals surface area contributed by atoms with Gasteiger partial charge in [-0.05, 0) is 25.1 Å². The maximum absolute atomic E-state index is 12.5. The predicted molar refractivity (Wildman–Crippen MR) is 109 cm³/mol. The molecule has 2 heterocycles. The van der Waals surface area contributed by atoms with Gasteiger partial charge in [0.1, 0.15) is 13.2 Å². The molecule has 1 aliphatic rings. The predicted octanol–water partition coefficient (Wildman–Crippen LogP) is 4.70. The number of benzene rings is 2. The number of nitrogens with zero attached hydrogens (tertiary/aromatic N) is 1. The van der Waals surface area contributed by atoms with E-state index in [1.807, 2.05) is 60.8 Å². The summed E-state index contributed by atoms with van der Waals surface area (Å²) in [5.41, 5.74) is 1.90. The Morgan fingerprint density at radius 2 is 1.93 bits per heavy atom. The van der Waals surface area contributed by atoms with Crippen molar-refractivity contribution in [1.82, 2.24) is 4.98 Å². The van der Waals surface area contributed by atoms with Crippen LogP contribution in [0.3, 0.4) is 0 Å². The van der Waals surface area contributed by atoms with Gasteiger partial charge < -0.3 is 14.8 Å². The van der Waals surface area contributed by atoms with Crippen LogP contribution in [0.25, 0.3) is 11.3 Å². The van der Waals surface area contributed by atoms with Crippen molar-refractivity contribution in [2.75, 3.05) is 18.5 Å². The Morgan fingerprint density at radius 1 is 1.15 bits per heavy atom. The summed E-state index contributed by atoms with van der Waals surface area (Å²) in [6.45, 7) is 2.99. The molecule has 1 unspecified atom stereocenters. The van der Waals surface area contributed by atoms with Crippen LogP contribution in [0.15, 0.2) is 58.8 Å². The summed E-state index contributed by atoms with van der Waals surface area (Å²) in [5.74, 6) is 1.40. The van der Waals surface area contributed by atoms with Crippen LogP contribution in [0.5, 0.6) is 11.5 Å². The summed E-state index contributed by atoms with van der Waals surface area (Å²) in [6.07, 6.45) is 0. The van der Waals surface area contributed by atoms with Gasteiger partial charge >= 0.3 is 0 Å². The number of aromatic nitrogens is 1. The van der Waals surface area contributed by atoms with Crippen LogP contribution in [0.1, 0.15) is 6.92 Å². The number of carbonyl (C=O) groups is 1. The van der Waals surface area contributed by atoms with Gasteiger partial charge in [0.05, 0.1) is 10.9 Å². The Bertz CT molecular complexity index is 943. The Kier molecular flexibility index (Phi) is 5.31. The fourth-order valence-corrected chi connectivity index (χ4v) is 4.25. The number of fused-ring (bicyclic) bond motifs is 1. The van der Waals surface area contributed by atoms with Crippen molar-refractivity contribution >= 4 is 34.1 Å². The van der Waals surface area contributed by atoms with Crippen molar-refractivity contribution in [3.05, 3.63) is 53.9 Å². The smallest absolute Gasteiger partial charge is 0.239 e. The van der Waals surface area contributed by atoms with Gasteiger partial charge in [0, 0.05) is 15.8 Å². The molecule has 7 heteroatoms. The molecule has 1 N–H and O–H groups in total. The van der Waals surface area contributed by atoms with Gasteiger partial charge in [-0.3, -0.25) is 4.79 Å². The summed E-state index contributed by atoms with van der Waals surface area (Å²) in [6, 6.07) is 15.7. The molecule has 1 aliphatic heterocycles. The highest BCUT2D eigenvalue weighted by Gasteiger charge is 2.18. The summed E-state index contributed by atoms with van der Waals surface area (Å²) in [4.78, 5) is 18.0. The van der Waals surface area contributed by atoms with E-state index in [9.17, 15) is 4.79 Å². The number of thiazole rings is 1. The van der Waals surface area contributed by atoms with Crippen molar-refractivity contribution in [2.45, 2.75) is 17.1 Å². The molecular weight excluding hydrogens is 380 g/mol. The highest BCUT2D eigenvalue weighted by atomic mass is 32.2. The van der Waals surface area contributed by atoms with Crippen molar-refractivity contribution < 1.29 is 14.3 Å². The largest absolute Gasteiger partial charge is 0.486 e. The summed E-state index contributed by atoms with van der Waals surface area (Å²) >= 11 is 2.90. The van der Waals surface area contributed by atoms with Crippen LogP contribution in [-0.2, 0) is 4.79 Å². The second-order valence-electron chi connectivity index (χ2n) is 5.96. The standard InChI is InChI=1S/C20H18N2O3S2/c1-13(27-15-7-8-17-18(11-15)25-10-9-24-17)19(23)22-20-21-16(12-26-20)14-5-3-2-4-6-14/h2-8,11-13H,9-10H2,1H3,(H,21,22,23). The fourth-order valence-electron chi connectivity index (χ4n) is 2.63. The highest BCUT2D eigenvalue weighted by Crippen LogP contribution is 2.35. The van der Waals surface area contributed by atoms with Crippen LogP contribution in [0, 0.1) is 0 Å². The minimum atomic E-state index is -0.267. The topological polar surface area (TPSA) is 60.5 Å². The molecule has 0 radical (unpaired) electrons. The molecule has 4 rings (SSSR count). The number of thioether (sulfide) groups is 1. The van der Waals surface area contributed by atoms with Crippen molar-refractivity contribution in [1.29, 1.82) is 0 Å². The number of hydrogen-bond donors (Lipinski definition) is 1. The number of rotatable bonds is 5. The zero-order valence-corrected chi connectivity index (χ0v) is 16.3. The van der Waals surface area contributed by atoms with E-state index in [0.717, 1.165) is 27.7 Å². The number of amides is 1. The zero-order valence-electron chi connectivity index (χ0n) is 14.7. The van der Waals surface area contributed by atoms with Gasteiger partial charge in [-0.25, -0.2) is 4.98 Å². The van der Waals surface area contributed by atoms with E-state index in [2.05, 4.69) is 10.3 Å². The molecule has 0 saturated heterocycles. The molecule has 1 aromatic heterocycles. The van der Waals surface area contributed by atoms with Crippen LogP contribution < -0.4 is 14.8 Å². The molecule has 0 saturated carbocycles. The highest BCUT2D eigenvalue weighted by molar-refractivity contribution is 8.00. The fraction of sp³-hybridized carbons (Fsp3) is 0.200. The number of anilines is 1.